The van der Waals surface area contributed by atoms with Crippen molar-refractivity contribution in [2.45, 2.75) is 32.2 Å². The van der Waals surface area contributed by atoms with Crippen LogP contribution in [-0.4, -0.2) is 11.8 Å². The first-order valence-corrected chi connectivity index (χ1v) is 5.44. The molecule has 0 fully saturated rings. The first-order valence-electron chi connectivity index (χ1n) is 5.44. The van der Waals surface area contributed by atoms with Crippen molar-refractivity contribution >= 4 is 5.71 Å². The van der Waals surface area contributed by atoms with Crippen molar-refractivity contribution in [3.8, 4) is 0 Å². The van der Waals surface area contributed by atoms with Gasteiger partial charge in [0, 0.05) is 38.8 Å². The number of benzene rings is 1. The molecule has 2 heteroatoms. The molecule has 1 aliphatic heterocycles. The second-order valence-electron chi connectivity index (χ2n) is 4.25. The predicted molar refractivity (Wildman–Crippen MR) is 64.3 cm³/mol. The van der Waals surface area contributed by atoms with Gasteiger partial charge in [-0.05, 0) is 19.3 Å². The van der Waals surface area contributed by atoms with Gasteiger partial charge in [0.15, 0.2) is 0 Å². The molecule has 0 aromatic heterocycles. The van der Waals surface area contributed by atoms with Crippen LogP contribution in [0.1, 0.15) is 37.3 Å². The summed E-state index contributed by atoms with van der Waals surface area (Å²) >= 11 is 0. The fraction of sp³-hybridized carbons (Fsp3) is 0.357. The van der Waals surface area contributed by atoms with Gasteiger partial charge >= 0.3 is 0 Å². The van der Waals surface area contributed by atoms with E-state index in [-0.39, 0.29) is 32.7 Å². The van der Waals surface area contributed by atoms with Crippen molar-refractivity contribution in [1.82, 2.24) is 0 Å². The maximum atomic E-state index is 5.64. The quantitative estimate of drug-likeness (QED) is 0.702. The summed E-state index contributed by atoms with van der Waals surface area (Å²) in [4.78, 5) is 4.62. The van der Waals surface area contributed by atoms with E-state index < -0.39 is 0 Å². The van der Waals surface area contributed by atoms with E-state index in [4.69, 9.17) is 6.58 Å². The third kappa shape index (κ3) is 2.70. The summed E-state index contributed by atoms with van der Waals surface area (Å²) < 4.78 is 0. The van der Waals surface area contributed by atoms with E-state index in [1.54, 1.807) is 6.08 Å². The molecule has 0 saturated carbocycles. The summed E-state index contributed by atoms with van der Waals surface area (Å²) in [5.41, 5.74) is 3.49. The molecule has 2 unspecified atom stereocenters. The average Bonchev–Trinajstić information content (AvgIpc) is 2.36. The molecule has 0 saturated heterocycles. The van der Waals surface area contributed by atoms with Crippen LogP contribution < -0.4 is 0 Å². The number of rotatable bonds is 1. The van der Waals surface area contributed by atoms with Gasteiger partial charge in [0.2, 0.25) is 0 Å². The maximum absolute atomic E-state index is 5.64. The molecule has 16 heavy (non-hydrogen) atoms. The van der Waals surface area contributed by atoms with Crippen molar-refractivity contribution in [1.29, 1.82) is 0 Å². The van der Waals surface area contributed by atoms with E-state index in [1.165, 1.54) is 11.1 Å². The summed E-state index contributed by atoms with van der Waals surface area (Å²) in [7, 11) is 0. The molecule has 1 aromatic carbocycles. The average molecular weight is 287 g/mol. The summed E-state index contributed by atoms with van der Waals surface area (Å²) in [6.45, 7) is 10.0. The Bertz CT molecular complexity index is 409. The van der Waals surface area contributed by atoms with Gasteiger partial charge < -0.3 is 4.99 Å². The zero-order chi connectivity index (χ0) is 10.8. The molecular formula is C14H16NY-. The molecule has 81 valence electrons. The Morgan fingerprint density at radius 1 is 1.31 bits per heavy atom. The van der Waals surface area contributed by atoms with Crippen LogP contribution in [0, 0.1) is 6.58 Å². The third-order valence-corrected chi connectivity index (χ3v) is 2.98. The number of nitrogens with zero attached hydrogens (tertiary/aromatic N) is 1. The number of aliphatic imine (C=N–C) groups is 1. The molecular weight excluding hydrogens is 271 g/mol. The molecule has 1 aliphatic rings. The minimum atomic E-state index is 0. The van der Waals surface area contributed by atoms with E-state index in [9.17, 15) is 0 Å². The van der Waals surface area contributed by atoms with Crippen LogP contribution in [0.4, 0.5) is 0 Å². The SMILES string of the molecule is [CH-]=CC1=NC(C)CC(C)c2ccccc21.[Y]. The normalized spacial score (nSPS) is 23.5. The van der Waals surface area contributed by atoms with Crippen LogP contribution in [-0.2, 0) is 32.7 Å². The van der Waals surface area contributed by atoms with Crippen molar-refractivity contribution in [2.24, 2.45) is 4.99 Å². The van der Waals surface area contributed by atoms with Gasteiger partial charge in [-0.1, -0.05) is 48.0 Å². The van der Waals surface area contributed by atoms with E-state index in [1.807, 2.05) is 6.07 Å². The van der Waals surface area contributed by atoms with Crippen molar-refractivity contribution in [2.75, 3.05) is 0 Å². The van der Waals surface area contributed by atoms with Gasteiger partial charge in [0.1, 0.15) is 0 Å². The number of hydrogen-bond acceptors (Lipinski definition) is 1. The first-order chi connectivity index (χ1) is 7.22. The number of fused-ring (bicyclic) bond motifs is 1. The van der Waals surface area contributed by atoms with Crippen LogP contribution in [0.5, 0.6) is 0 Å². The molecule has 1 aromatic rings. The third-order valence-electron chi connectivity index (χ3n) is 2.98. The molecule has 1 heterocycles. The first kappa shape index (κ1) is 13.8. The monoisotopic (exact) mass is 287 g/mol. The second-order valence-corrected chi connectivity index (χ2v) is 4.25. The largest absolute Gasteiger partial charge is 0.376 e. The van der Waals surface area contributed by atoms with Gasteiger partial charge in [0.05, 0.1) is 0 Å². The van der Waals surface area contributed by atoms with Crippen LogP contribution >= 0.6 is 0 Å². The van der Waals surface area contributed by atoms with Crippen LogP contribution in [0.15, 0.2) is 35.3 Å². The van der Waals surface area contributed by atoms with Gasteiger partial charge in [-0.15, -0.1) is 0 Å². The Morgan fingerprint density at radius 3 is 2.69 bits per heavy atom. The van der Waals surface area contributed by atoms with Crippen LogP contribution in [0.3, 0.4) is 0 Å². The zero-order valence-electron chi connectivity index (χ0n) is 9.85. The molecule has 1 nitrogen and oxygen atoms in total. The van der Waals surface area contributed by atoms with E-state index >= 15 is 0 Å². The Balaban J connectivity index is 0.00000128. The predicted octanol–water partition coefficient (Wildman–Crippen LogP) is 3.36. The number of allylic oxidation sites excluding steroid dienone is 1. The van der Waals surface area contributed by atoms with E-state index in [0.717, 1.165) is 12.1 Å². The molecule has 0 amide bonds. The van der Waals surface area contributed by atoms with Gasteiger partial charge in [-0.2, -0.15) is 0 Å². The molecule has 0 bridgehead atoms. The van der Waals surface area contributed by atoms with Crippen molar-refractivity contribution in [3.63, 3.8) is 0 Å². The fourth-order valence-corrected chi connectivity index (χ4v) is 2.29. The molecule has 0 spiro atoms. The van der Waals surface area contributed by atoms with Crippen molar-refractivity contribution < 1.29 is 32.7 Å². The van der Waals surface area contributed by atoms with Gasteiger partial charge in [0.25, 0.3) is 0 Å². The smallest absolute Gasteiger partial charge is 0.0277 e. The van der Waals surface area contributed by atoms with Gasteiger partial charge in [-0.3, -0.25) is 6.58 Å². The molecule has 2 rings (SSSR count). The Hall–Kier alpha value is -0.266. The molecule has 0 aliphatic carbocycles. The Labute approximate surface area is 123 Å². The van der Waals surface area contributed by atoms with E-state index in [0.29, 0.717) is 12.0 Å². The van der Waals surface area contributed by atoms with Crippen LogP contribution in [0.2, 0.25) is 0 Å². The maximum Gasteiger partial charge on any atom is 0.0277 e. The fourth-order valence-electron chi connectivity index (χ4n) is 2.29. The molecule has 1 radical (unpaired) electrons. The summed E-state index contributed by atoms with van der Waals surface area (Å²) in [6, 6.07) is 8.76. The Kier molecular flexibility index (Phi) is 5.07. The molecule has 0 N–H and O–H groups in total. The minimum absolute atomic E-state index is 0. The number of hydrogen-bond donors (Lipinski definition) is 0. The van der Waals surface area contributed by atoms with E-state index in [2.05, 4.69) is 37.0 Å². The summed E-state index contributed by atoms with van der Waals surface area (Å²) in [5, 5.41) is 0. The van der Waals surface area contributed by atoms with Crippen molar-refractivity contribution in [3.05, 3.63) is 48.0 Å². The Morgan fingerprint density at radius 2 is 2.00 bits per heavy atom. The van der Waals surface area contributed by atoms with Crippen LogP contribution in [0.25, 0.3) is 0 Å². The summed E-state index contributed by atoms with van der Waals surface area (Å²) in [6.07, 6.45) is 2.71. The molecule has 2 atom stereocenters. The second kappa shape index (κ2) is 5.88. The zero-order valence-corrected chi connectivity index (χ0v) is 12.7. The standard InChI is InChI=1S/C14H16N.Y/c1-4-14-13-8-6-5-7-12(13)10(2)9-11(3)15-14;/h1,4-8,10-11H,9H2,2-3H3;/q-1;. The topological polar surface area (TPSA) is 12.4 Å². The minimum Gasteiger partial charge on any atom is -0.376 e. The van der Waals surface area contributed by atoms with Gasteiger partial charge in [-0.25, -0.2) is 6.08 Å². The summed E-state index contributed by atoms with van der Waals surface area (Å²) in [5.74, 6) is 0.553.